The number of carbonyl (C=O) groups is 2. The van der Waals surface area contributed by atoms with Crippen LogP contribution in [0.15, 0.2) is 24.3 Å². The molecular weight excluding hydrogens is 348 g/mol. The van der Waals surface area contributed by atoms with Crippen LogP contribution in [0.5, 0.6) is 0 Å². The topological polar surface area (TPSA) is 102 Å². The number of carbonyl (C=O) groups excluding carboxylic acids is 2. The third-order valence-corrected chi connectivity index (χ3v) is 4.84. The molecule has 1 aromatic rings. The lowest BCUT2D eigenvalue weighted by Crippen LogP contribution is -2.54. The summed E-state index contributed by atoms with van der Waals surface area (Å²) in [6.07, 6.45) is -0.433. The van der Waals surface area contributed by atoms with Crippen molar-refractivity contribution in [2.24, 2.45) is 5.73 Å². The summed E-state index contributed by atoms with van der Waals surface area (Å²) < 4.78 is 10.4. The number of amides is 1. The highest BCUT2D eigenvalue weighted by atomic mass is 16.6. The predicted octanol–water partition coefficient (Wildman–Crippen LogP) is 2.41. The zero-order valence-electron chi connectivity index (χ0n) is 16.5. The molecule has 2 rings (SSSR count). The summed E-state index contributed by atoms with van der Waals surface area (Å²) in [5.41, 5.74) is 6.00. The number of ether oxygens (including phenoxy) is 2. The van der Waals surface area contributed by atoms with Crippen molar-refractivity contribution in [1.29, 1.82) is 0 Å². The lowest BCUT2D eigenvalue weighted by molar-refractivity contribution is -0.000361. The van der Waals surface area contributed by atoms with Crippen molar-refractivity contribution in [2.45, 2.75) is 57.8 Å². The van der Waals surface area contributed by atoms with Crippen molar-refractivity contribution in [1.82, 2.24) is 4.90 Å². The number of rotatable bonds is 4. The molecule has 0 saturated carbocycles. The molecule has 0 radical (unpaired) electrons. The van der Waals surface area contributed by atoms with E-state index in [0.29, 0.717) is 38.1 Å². The first kappa shape index (κ1) is 21.2. The van der Waals surface area contributed by atoms with Crippen molar-refractivity contribution >= 4 is 12.1 Å². The van der Waals surface area contributed by atoms with Crippen molar-refractivity contribution < 1.29 is 24.2 Å². The summed E-state index contributed by atoms with van der Waals surface area (Å²) in [5.74, 6) is -0.383. The van der Waals surface area contributed by atoms with Crippen LogP contribution in [0.2, 0.25) is 0 Å². The first-order chi connectivity index (χ1) is 12.6. The van der Waals surface area contributed by atoms with Gasteiger partial charge in [-0.2, -0.15) is 0 Å². The quantitative estimate of drug-likeness (QED) is 0.616. The van der Waals surface area contributed by atoms with Gasteiger partial charge in [-0.05, 0) is 58.2 Å². The number of nitrogens with two attached hydrogens (primary N) is 1. The molecule has 1 aliphatic heterocycles. The summed E-state index contributed by atoms with van der Waals surface area (Å²) in [4.78, 5) is 25.7. The van der Waals surface area contributed by atoms with Gasteiger partial charge in [-0.1, -0.05) is 12.1 Å². The van der Waals surface area contributed by atoms with Gasteiger partial charge in [0.25, 0.3) is 0 Å². The average molecular weight is 378 g/mol. The predicted molar refractivity (Wildman–Crippen MR) is 101 cm³/mol. The van der Waals surface area contributed by atoms with Crippen LogP contribution >= 0.6 is 0 Å². The molecule has 7 nitrogen and oxygen atoms in total. The zero-order valence-corrected chi connectivity index (χ0v) is 16.5. The molecule has 1 heterocycles. The van der Waals surface area contributed by atoms with E-state index in [2.05, 4.69) is 0 Å². The molecule has 27 heavy (non-hydrogen) atoms. The number of benzene rings is 1. The van der Waals surface area contributed by atoms with E-state index in [0.717, 1.165) is 5.56 Å². The van der Waals surface area contributed by atoms with Crippen molar-refractivity contribution in [3.63, 3.8) is 0 Å². The van der Waals surface area contributed by atoms with E-state index in [4.69, 9.17) is 15.2 Å². The molecular formula is C20H30N2O5. The number of likely N-dealkylation sites (tertiary alicyclic amines) is 1. The number of aliphatic hydroxyl groups excluding tert-OH is 1. The first-order valence-corrected chi connectivity index (χ1v) is 9.28. The maximum atomic E-state index is 12.3. The largest absolute Gasteiger partial charge is 0.462 e. The Hall–Kier alpha value is -2.12. The molecule has 3 N–H and O–H groups in total. The molecule has 1 fully saturated rings. The summed E-state index contributed by atoms with van der Waals surface area (Å²) in [6, 6.07) is 6.95. The van der Waals surface area contributed by atoms with E-state index < -0.39 is 17.2 Å². The van der Waals surface area contributed by atoms with Crippen LogP contribution in [0.4, 0.5) is 4.79 Å². The van der Waals surface area contributed by atoms with Crippen LogP contribution in [-0.2, 0) is 14.9 Å². The second kappa shape index (κ2) is 8.27. The Bertz CT molecular complexity index is 656. The van der Waals surface area contributed by atoms with E-state index in [9.17, 15) is 14.7 Å². The van der Waals surface area contributed by atoms with E-state index in [1.165, 1.54) is 0 Å². The zero-order chi connectivity index (χ0) is 20.2. The highest BCUT2D eigenvalue weighted by molar-refractivity contribution is 5.89. The van der Waals surface area contributed by atoms with Crippen LogP contribution < -0.4 is 5.73 Å². The Morgan fingerprint density at radius 3 is 2.22 bits per heavy atom. The molecule has 0 aliphatic carbocycles. The minimum absolute atomic E-state index is 0.312. The molecule has 1 unspecified atom stereocenters. The molecule has 0 bridgehead atoms. The Morgan fingerprint density at radius 1 is 1.22 bits per heavy atom. The van der Waals surface area contributed by atoms with E-state index >= 15 is 0 Å². The van der Waals surface area contributed by atoms with Crippen LogP contribution in [0.25, 0.3) is 0 Å². The third kappa shape index (κ3) is 4.99. The van der Waals surface area contributed by atoms with E-state index in [1.807, 2.05) is 20.8 Å². The van der Waals surface area contributed by atoms with Crippen LogP contribution in [-0.4, -0.2) is 53.6 Å². The Labute approximate surface area is 160 Å². The van der Waals surface area contributed by atoms with Gasteiger partial charge in [0.2, 0.25) is 0 Å². The molecule has 0 spiro atoms. The number of esters is 1. The number of nitrogens with zero attached hydrogens (tertiary/aromatic N) is 1. The van der Waals surface area contributed by atoms with Gasteiger partial charge < -0.3 is 25.2 Å². The average Bonchev–Trinajstić information content (AvgIpc) is 2.60. The first-order valence-electron chi connectivity index (χ1n) is 9.28. The van der Waals surface area contributed by atoms with E-state index in [-0.39, 0.29) is 12.1 Å². The molecule has 7 heteroatoms. The summed E-state index contributed by atoms with van der Waals surface area (Å²) in [7, 11) is 0. The van der Waals surface area contributed by atoms with Gasteiger partial charge in [0.1, 0.15) is 11.8 Å². The molecule has 1 saturated heterocycles. The molecule has 1 amide bonds. The fourth-order valence-corrected chi connectivity index (χ4v) is 3.32. The van der Waals surface area contributed by atoms with Gasteiger partial charge >= 0.3 is 12.1 Å². The fraction of sp³-hybridized carbons (Fsp3) is 0.600. The van der Waals surface area contributed by atoms with Gasteiger partial charge in [-0.15, -0.1) is 0 Å². The van der Waals surface area contributed by atoms with Gasteiger partial charge in [-0.25, -0.2) is 9.59 Å². The van der Waals surface area contributed by atoms with Gasteiger partial charge in [0.05, 0.1) is 12.2 Å². The van der Waals surface area contributed by atoms with Crippen LogP contribution in [0.3, 0.4) is 0 Å². The maximum Gasteiger partial charge on any atom is 0.410 e. The number of aliphatic hydroxyl groups is 1. The smallest absolute Gasteiger partial charge is 0.410 e. The SMILES string of the molecule is CCOC(=O)c1ccc(C2(C(N)O)CCN(C(=O)OC(C)(C)C)CC2)cc1. The second-order valence-corrected chi connectivity index (χ2v) is 7.87. The van der Waals surface area contributed by atoms with Crippen LogP contribution in [0, 0.1) is 0 Å². The fourth-order valence-electron chi connectivity index (χ4n) is 3.32. The van der Waals surface area contributed by atoms with Crippen molar-refractivity contribution in [3.8, 4) is 0 Å². The monoisotopic (exact) mass is 378 g/mol. The molecule has 150 valence electrons. The summed E-state index contributed by atoms with van der Waals surface area (Å²) in [5, 5.41) is 10.3. The maximum absolute atomic E-state index is 12.3. The van der Waals surface area contributed by atoms with Crippen molar-refractivity contribution in [3.05, 3.63) is 35.4 Å². The van der Waals surface area contributed by atoms with Gasteiger partial charge in [0.15, 0.2) is 0 Å². The normalized spacial score (nSPS) is 17.9. The summed E-state index contributed by atoms with van der Waals surface area (Å²) >= 11 is 0. The Balaban J connectivity index is 2.14. The lowest BCUT2D eigenvalue weighted by atomic mass is 9.71. The lowest BCUT2D eigenvalue weighted by Gasteiger charge is -2.44. The van der Waals surface area contributed by atoms with E-state index in [1.54, 1.807) is 36.1 Å². The van der Waals surface area contributed by atoms with Crippen molar-refractivity contribution in [2.75, 3.05) is 19.7 Å². The number of hydrogen-bond donors (Lipinski definition) is 2. The minimum atomic E-state index is -1.08. The molecule has 1 aliphatic rings. The van der Waals surface area contributed by atoms with Gasteiger partial charge in [0, 0.05) is 18.5 Å². The van der Waals surface area contributed by atoms with Gasteiger partial charge in [-0.3, -0.25) is 0 Å². The summed E-state index contributed by atoms with van der Waals surface area (Å²) in [6.45, 7) is 8.41. The standard InChI is InChI=1S/C20H30N2O5/c1-5-26-16(23)14-6-8-15(9-7-14)20(17(21)24)10-12-22(13-11-20)18(25)27-19(2,3)4/h6-9,17,24H,5,10-13,21H2,1-4H3. The highest BCUT2D eigenvalue weighted by Crippen LogP contribution is 2.37. The molecule has 0 aromatic heterocycles. The molecule has 1 aromatic carbocycles. The minimum Gasteiger partial charge on any atom is -0.462 e. The third-order valence-electron chi connectivity index (χ3n) is 4.84. The second-order valence-electron chi connectivity index (χ2n) is 7.87. The Morgan fingerprint density at radius 2 is 1.78 bits per heavy atom. The molecule has 1 atom stereocenters. The number of hydrogen-bond acceptors (Lipinski definition) is 6. The number of piperidine rings is 1. The Kier molecular flexibility index (Phi) is 6.49. The highest BCUT2D eigenvalue weighted by Gasteiger charge is 2.42. The van der Waals surface area contributed by atoms with Crippen LogP contribution in [0.1, 0.15) is 56.5 Å².